The highest BCUT2D eigenvalue weighted by Gasteiger charge is 2.20. The number of rotatable bonds is 5. The number of nitrogens with zero attached hydrogens (tertiary/aromatic N) is 2. The summed E-state index contributed by atoms with van der Waals surface area (Å²) in [5.74, 6) is 0.168. The van der Waals surface area contributed by atoms with E-state index in [1.165, 1.54) is 12.1 Å². The molecule has 1 N–H and O–H groups in total. The van der Waals surface area contributed by atoms with Crippen molar-refractivity contribution in [2.24, 2.45) is 0 Å². The van der Waals surface area contributed by atoms with E-state index in [1.807, 2.05) is 13.0 Å². The molecule has 0 aliphatic rings. The summed E-state index contributed by atoms with van der Waals surface area (Å²) in [6.45, 7) is 2.70. The van der Waals surface area contributed by atoms with Crippen molar-refractivity contribution >= 4 is 0 Å². The van der Waals surface area contributed by atoms with Crippen LogP contribution in [0, 0.1) is 5.82 Å². The van der Waals surface area contributed by atoms with Crippen LogP contribution in [0.15, 0.2) is 36.7 Å². The molecule has 19 heavy (non-hydrogen) atoms. The lowest BCUT2D eigenvalue weighted by molar-refractivity contribution is 0.383. The Morgan fingerprint density at radius 3 is 2.79 bits per heavy atom. The quantitative estimate of drug-likeness (QED) is 0.897. The lowest BCUT2D eigenvalue weighted by atomic mass is 10.0. The van der Waals surface area contributed by atoms with E-state index in [0.29, 0.717) is 11.6 Å². The molecule has 0 saturated carbocycles. The standard InChI is InChI=1S/C14H16FN3O/c1-3-16-12(10-5-4-6-11(15)9-10)13-14(19-2)18-8-7-17-13/h4-9,12,16H,3H2,1-2H3. The van der Waals surface area contributed by atoms with Crippen LogP contribution in [-0.4, -0.2) is 23.6 Å². The lowest BCUT2D eigenvalue weighted by Crippen LogP contribution is -2.24. The summed E-state index contributed by atoms with van der Waals surface area (Å²) < 4.78 is 18.6. The third-order valence-electron chi connectivity index (χ3n) is 2.75. The van der Waals surface area contributed by atoms with Crippen molar-refractivity contribution in [1.29, 1.82) is 0 Å². The van der Waals surface area contributed by atoms with Gasteiger partial charge in [0, 0.05) is 12.4 Å². The smallest absolute Gasteiger partial charge is 0.237 e. The first-order chi connectivity index (χ1) is 9.26. The summed E-state index contributed by atoms with van der Waals surface area (Å²) in [6, 6.07) is 6.19. The van der Waals surface area contributed by atoms with E-state index in [1.54, 1.807) is 25.6 Å². The van der Waals surface area contributed by atoms with Gasteiger partial charge in [-0.25, -0.2) is 9.37 Å². The van der Waals surface area contributed by atoms with Gasteiger partial charge in [-0.1, -0.05) is 19.1 Å². The highest BCUT2D eigenvalue weighted by atomic mass is 19.1. The third-order valence-corrected chi connectivity index (χ3v) is 2.75. The van der Waals surface area contributed by atoms with Gasteiger partial charge in [-0.2, -0.15) is 0 Å². The van der Waals surface area contributed by atoms with Gasteiger partial charge in [0.05, 0.1) is 13.2 Å². The van der Waals surface area contributed by atoms with Crippen molar-refractivity contribution in [2.45, 2.75) is 13.0 Å². The minimum atomic E-state index is -0.275. The molecule has 1 aromatic heterocycles. The highest BCUT2D eigenvalue weighted by molar-refractivity contribution is 5.33. The molecule has 0 fully saturated rings. The van der Waals surface area contributed by atoms with Gasteiger partial charge in [0.15, 0.2) is 0 Å². The minimum absolute atomic E-state index is 0.246. The predicted octanol–water partition coefficient (Wildman–Crippen LogP) is 2.32. The first kappa shape index (κ1) is 13.4. The van der Waals surface area contributed by atoms with Crippen molar-refractivity contribution in [3.63, 3.8) is 0 Å². The second-order valence-corrected chi connectivity index (χ2v) is 4.00. The van der Waals surface area contributed by atoms with E-state index in [4.69, 9.17) is 4.74 Å². The van der Waals surface area contributed by atoms with Gasteiger partial charge >= 0.3 is 0 Å². The summed E-state index contributed by atoms with van der Waals surface area (Å²) >= 11 is 0. The van der Waals surface area contributed by atoms with Crippen molar-refractivity contribution in [3.8, 4) is 5.88 Å². The maximum Gasteiger partial charge on any atom is 0.237 e. The third kappa shape index (κ3) is 3.06. The molecule has 0 bridgehead atoms. The number of halogens is 1. The van der Waals surface area contributed by atoms with E-state index < -0.39 is 0 Å². The summed E-state index contributed by atoms with van der Waals surface area (Å²) in [6.07, 6.45) is 3.17. The first-order valence-corrected chi connectivity index (χ1v) is 6.10. The molecule has 0 radical (unpaired) electrons. The van der Waals surface area contributed by atoms with Crippen molar-refractivity contribution in [2.75, 3.05) is 13.7 Å². The monoisotopic (exact) mass is 261 g/mol. The number of methoxy groups -OCH3 is 1. The van der Waals surface area contributed by atoms with E-state index >= 15 is 0 Å². The molecule has 100 valence electrons. The zero-order valence-electron chi connectivity index (χ0n) is 10.9. The molecule has 2 aromatic rings. The Hall–Kier alpha value is -2.01. The fourth-order valence-electron chi connectivity index (χ4n) is 1.95. The molecule has 0 aliphatic carbocycles. The van der Waals surface area contributed by atoms with E-state index in [0.717, 1.165) is 12.1 Å². The Morgan fingerprint density at radius 2 is 2.11 bits per heavy atom. The molecule has 2 rings (SSSR count). The summed E-state index contributed by atoms with van der Waals surface area (Å²) in [5, 5.41) is 3.27. The molecule has 0 saturated heterocycles. The van der Waals surface area contributed by atoms with Crippen LogP contribution in [0.25, 0.3) is 0 Å². The Kier molecular flexibility index (Phi) is 4.41. The van der Waals surface area contributed by atoms with Crippen LogP contribution in [0.5, 0.6) is 5.88 Å². The number of benzene rings is 1. The maximum atomic E-state index is 13.4. The second kappa shape index (κ2) is 6.24. The van der Waals surface area contributed by atoms with Crippen LogP contribution in [-0.2, 0) is 0 Å². The minimum Gasteiger partial charge on any atom is -0.480 e. The van der Waals surface area contributed by atoms with Crippen LogP contribution >= 0.6 is 0 Å². The molecule has 4 nitrogen and oxygen atoms in total. The fraction of sp³-hybridized carbons (Fsp3) is 0.286. The average molecular weight is 261 g/mol. The number of hydrogen-bond donors (Lipinski definition) is 1. The average Bonchev–Trinajstić information content (AvgIpc) is 2.45. The number of ether oxygens (including phenoxy) is 1. The van der Waals surface area contributed by atoms with Crippen LogP contribution in [0.4, 0.5) is 4.39 Å². The van der Waals surface area contributed by atoms with Crippen LogP contribution in [0.2, 0.25) is 0 Å². The molecule has 5 heteroatoms. The fourth-order valence-corrected chi connectivity index (χ4v) is 1.95. The Balaban J connectivity index is 2.45. The van der Waals surface area contributed by atoms with Gasteiger partial charge in [-0.15, -0.1) is 0 Å². The van der Waals surface area contributed by atoms with Crippen molar-refractivity contribution < 1.29 is 9.13 Å². The van der Waals surface area contributed by atoms with Gasteiger partial charge in [0.1, 0.15) is 11.5 Å². The van der Waals surface area contributed by atoms with Crippen LogP contribution in [0.3, 0.4) is 0 Å². The highest BCUT2D eigenvalue weighted by Crippen LogP contribution is 2.26. The molecule has 1 heterocycles. The summed E-state index contributed by atoms with van der Waals surface area (Å²) in [5.41, 5.74) is 1.44. The molecule has 0 amide bonds. The maximum absolute atomic E-state index is 13.4. The molecule has 0 aliphatic heterocycles. The largest absolute Gasteiger partial charge is 0.480 e. The Labute approximate surface area is 111 Å². The SMILES string of the molecule is CCNC(c1cccc(F)c1)c1nccnc1OC. The number of hydrogen-bond acceptors (Lipinski definition) is 4. The van der Waals surface area contributed by atoms with Crippen LogP contribution < -0.4 is 10.1 Å². The summed E-state index contributed by atoms with van der Waals surface area (Å²) in [4.78, 5) is 8.43. The molecule has 1 atom stereocenters. The van der Waals surface area contributed by atoms with Crippen LogP contribution in [0.1, 0.15) is 24.2 Å². The van der Waals surface area contributed by atoms with Gasteiger partial charge < -0.3 is 10.1 Å². The summed E-state index contributed by atoms with van der Waals surface area (Å²) in [7, 11) is 1.54. The zero-order chi connectivity index (χ0) is 13.7. The van der Waals surface area contributed by atoms with Crippen molar-refractivity contribution in [3.05, 3.63) is 53.7 Å². The topological polar surface area (TPSA) is 47.0 Å². The van der Waals surface area contributed by atoms with Crippen molar-refractivity contribution in [1.82, 2.24) is 15.3 Å². The van der Waals surface area contributed by atoms with E-state index in [-0.39, 0.29) is 11.9 Å². The number of aromatic nitrogens is 2. The molecule has 1 aromatic carbocycles. The van der Waals surface area contributed by atoms with Gasteiger partial charge in [0.2, 0.25) is 5.88 Å². The Bertz CT molecular complexity index is 548. The molecule has 0 spiro atoms. The molecular weight excluding hydrogens is 245 g/mol. The molecular formula is C14H16FN3O. The lowest BCUT2D eigenvalue weighted by Gasteiger charge is -2.19. The molecule has 1 unspecified atom stereocenters. The van der Waals surface area contributed by atoms with E-state index in [2.05, 4.69) is 15.3 Å². The second-order valence-electron chi connectivity index (χ2n) is 4.00. The van der Waals surface area contributed by atoms with E-state index in [9.17, 15) is 4.39 Å². The number of nitrogens with one attached hydrogen (secondary N) is 1. The first-order valence-electron chi connectivity index (χ1n) is 6.10. The van der Waals surface area contributed by atoms with Gasteiger partial charge in [-0.3, -0.25) is 4.98 Å². The predicted molar refractivity (Wildman–Crippen MR) is 70.5 cm³/mol. The van der Waals surface area contributed by atoms with Gasteiger partial charge in [0.25, 0.3) is 0 Å². The zero-order valence-corrected chi connectivity index (χ0v) is 10.9. The normalized spacial score (nSPS) is 12.2. The Morgan fingerprint density at radius 1 is 1.32 bits per heavy atom. The van der Waals surface area contributed by atoms with Gasteiger partial charge in [-0.05, 0) is 24.2 Å².